The molecule has 0 aliphatic carbocycles. The van der Waals surface area contributed by atoms with Crippen molar-refractivity contribution in [2.75, 3.05) is 41.4 Å². The molecule has 0 radical (unpaired) electrons. The molecule has 1 aromatic heterocycles. The summed E-state index contributed by atoms with van der Waals surface area (Å²) >= 11 is 0. The fraction of sp³-hybridized carbons (Fsp3) is 0.667. The molecule has 1 amide bonds. The van der Waals surface area contributed by atoms with Crippen LogP contribution in [-0.4, -0.2) is 73.2 Å². The van der Waals surface area contributed by atoms with Gasteiger partial charge in [0.1, 0.15) is 0 Å². The zero-order valence-corrected chi connectivity index (χ0v) is 13.7. The predicted molar refractivity (Wildman–Crippen MR) is 81.5 cm³/mol. The zero-order valence-electron chi connectivity index (χ0n) is 13.7. The summed E-state index contributed by atoms with van der Waals surface area (Å²) in [4.78, 5) is 24.1. The van der Waals surface area contributed by atoms with Gasteiger partial charge >= 0.3 is 6.01 Å². The van der Waals surface area contributed by atoms with Crippen LogP contribution in [0.1, 0.15) is 12.0 Å². The molecular weight excluding hydrogens is 284 g/mol. The fourth-order valence-corrected chi connectivity index (χ4v) is 2.71. The summed E-state index contributed by atoms with van der Waals surface area (Å²) in [6, 6.07) is 0.370. The van der Waals surface area contributed by atoms with E-state index in [4.69, 9.17) is 9.47 Å². The number of ether oxygens (including phenoxy) is 2. The minimum absolute atomic E-state index is 0.0862. The highest BCUT2D eigenvalue weighted by Gasteiger charge is 2.34. The molecule has 1 aromatic rings. The van der Waals surface area contributed by atoms with Crippen LogP contribution in [0.15, 0.2) is 12.4 Å². The van der Waals surface area contributed by atoms with E-state index in [1.54, 1.807) is 45.6 Å². The zero-order chi connectivity index (χ0) is 16.1. The van der Waals surface area contributed by atoms with Gasteiger partial charge < -0.3 is 14.4 Å². The van der Waals surface area contributed by atoms with Gasteiger partial charge in [-0.3, -0.25) is 9.69 Å². The van der Waals surface area contributed by atoms with Crippen molar-refractivity contribution in [2.24, 2.45) is 5.92 Å². The molecule has 0 unspecified atom stereocenters. The summed E-state index contributed by atoms with van der Waals surface area (Å²) in [5.41, 5.74) is 1.02. The van der Waals surface area contributed by atoms with Gasteiger partial charge in [-0.05, 0) is 0 Å². The summed E-state index contributed by atoms with van der Waals surface area (Å²) in [5, 5.41) is 0. The van der Waals surface area contributed by atoms with Crippen molar-refractivity contribution in [1.82, 2.24) is 19.8 Å². The Hall–Kier alpha value is -1.73. The molecule has 1 aliphatic rings. The molecule has 0 saturated carbocycles. The van der Waals surface area contributed by atoms with Crippen molar-refractivity contribution in [3.63, 3.8) is 0 Å². The van der Waals surface area contributed by atoms with E-state index in [-0.39, 0.29) is 17.9 Å². The van der Waals surface area contributed by atoms with Gasteiger partial charge in [0, 0.05) is 71.1 Å². The number of rotatable bonds is 6. The molecule has 1 aliphatic heterocycles. The third-order valence-electron chi connectivity index (χ3n) is 3.97. The first kappa shape index (κ1) is 16.6. The predicted octanol–water partition coefficient (Wildman–Crippen LogP) is 0.410. The van der Waals surface area contributed by atoms with E-state index in [0.29, 0.717) is 12.4 Å². The molecule has 7 nitrogen and oxygen atoms in total. The van der Waals surface area contributed by atoms with Crippen LogP contribution in [0, 0.1) is 5.92 Å². The van der Waals surface area contributed by atoms with Gasteiger partial charge in [0.25, 0.3) is 0 Å². The highest BCUT2D eigenvalue weighted by atomic mass is 16.5. The number of hydrogen-bond donors (Lipinski definition) is 0. The van der Waals surface area contributed by atoms with Gasteiger partial charge in [0.05, 0.1) is 13.2 Å². The van der Waals surface area contributed by atoms with Gasteiger partial charge in [-0.15, -0.1) is 0 Å². The average Bonchev–Trinajstić information content (AvgIpc) is 2.89. The number of carbonyl (C=O) groups is 1. The Kier molecular flexibility index (Phi) is 5.68. The van der Waals surface area contributed by atoms with Gasteiger partial charge in [-0.2, -0.15) is 0 Å². The van der Waals surface area contributed by atoms with Crippen molar-refractivity contribution in [3.8, 4) is 6.01 Å². The van der Waals surface area contributed by atoms with Gasteiger partial charge in [-0.1, -0.05) is 0 Å². The SMILES string of the molecule is COc1ncc(CN2C[C@@H](CC(=O)N(C)C)[C@@H](OC)C2)cn1. The molecule has 2 atom stereocenters. The van der Waals surface area contributed by atoms with E-state index in [1.165, 1.54) is 0 Å². The van der Waals surface area contributed by atoms with Crippen molar-refractivity contribution < 1.29 is 14.3 Å². The monoisotopic (exact) mass is 308 g/mol. The third kappa shape index (κ3) is 4.14. The van der Waals surface area contributed by atoms with Gasteiger partial charge in [0.2, 0.25) is 5.91 Å². The first-order valence-electron chi connectivity index (χ1n) is 7.33. The standard InChI is InChI=1S/C15H24N4O3/c1-18(2)14(20)5-12-9-19(10-13(12)21-3)8-11-6-16-15(22-4)17-7-11/h6-7,12-13H,5,8-10H2,1-4H3/t12-,13+/m1/s1. The van der Waals surface area contributed by atoms with Crippen LogP contribution in [0.2, 0.25) is 0 Å². The molecule has 7 heteroatoms. The maximum atomic E-state index is 11.9. The van der Waals surface area contributed by atoms with Crippen LogP contribution in [0.4, 0.5) is 0 Å². The first-order valence-corrected chi connectivity index (χ1v) is 7.33. The summed E-state index contributed by atoms with van der Waals surface area (Å²) in [5.74, 6) is 0.362. The summed E-state index contributed by atoms with van der Waals surface area (Å²) in [6.45, 7) is 2.40. The molecule has 0 bridgehead atoms. The number of hydrogen-bond acceptors (Lipinski definition) is 6. The number of likely N-dealkylation sites (tertiary alicyclic amines) is 1. The molecule has 22 heavy (non-hydrogen) atoms. The molecule has 0 aromatic carbocycles. The molecule has 122 valence electrons. The van der Waals surface area contributed by atoms with E-state index in [9.17, 15) is 4.79 Å². The summed E-state index contributed by atoms with van der Waals surface area (Å²) in [6.07, 6.45) is 4.14. The van der Waals surface area contributed by atoms with E-state index in [2.05, 4.69) is 14.9 Å². The largest absolute Gasteiger partial charge is 0.467 e. The van der Waals surface area contributed by atoms with Crippen LogP contribution in [0.3, 0.4) is 0 Å². The lowest BCUT2D eigenvalue weighted by atomic mass is 10.0. The lowest BCUT2D eigenvalue weighted by Crippen LogP contribution is -2.29. The second kappa shape index (κ2) is 7.51. The number of amides is 1. The third-order valence-corrected chi connectivity index (χ3v) is 3.97. The summed E-state index contributed by atoms with van der Waals surface area (Å²) < 4.78 is 10.5. The molecular formula is C15H24N4O3. The van der Waals surface area contributed by atoms with Crippen LogP contribution in [0.5, 0.6) is 6.01 Å². The Balaban J connectivity index is 1.94. The van der Waals surface area contributed by atoms with Crippen LogP contribution in [-0.2, 0) is 16.1 Å². The second-order valence-corrected chi connectivity index (χ2v) is 5.80. The second-order valence-electron chi connectivity index (χ2n) is 5.80. The highest BCUT2D eigenvalue weighted by Crippen LogP contribution is 2.24. The Morgan fingerprint density at radius 2 is 2.00 bits per heavy atom. The lowest BCUT2D eigenvalue weighted by molar-refractivity contribution is -0.130. The average molecular weight is 308 g/mol. The first-order chi connectivity index (χ1) is 10.5. The summed E-state index contributed by atoms with van der Waals surface area (Å²) in [7, 11) is 6.82. The Bertz CT molecular complexity index is 492. The highest BCUT2D eigenvalue weighted by molar-refractivity contribution is 5.75. The molecule has 0 N–H and O–H groups in total. The fourth-order valence-electron chi connectivity index (χ4n) is 2.71. The van der Waals surface area contributed by atoms with E-state index in [0.717, 1.165) is 25.2 Å². The number of methoxy groups -OCH3 is 2. The molecule has 2 rings (SSSR count). The number of nitrogens with zero attached hydrogens (tertiary/aromatic N) is 4. The van der Waals surface area contributed by atoms with Gasteiger partial charge in [-0.25, -0.2) is 9.97 Å². The molecule has 0 spiro atoms. The molecule has 1 fully saturated rings. The van der Waals surface area contributed by atoms with Crippen LogP contribution >= 0.6 is 0 Å². The quantitative estimate of drug-likeness (QED) is 0.758. The minimum Gasteiger partial charge on any atom is -0.467 e. The molecule has 2 heterocycles. The Morgan fingerprint density at radius 1 is 1.32 bits per heavy atom. The maximum Gasteiger partial charge on any atom is 0.316 e. The van der Waals surface area contributed by atoms with Gasteiger partial charge in [0.15, 0.2) is 0 Å². The van der Waals surface area contributed by atoms with Crippen LogP contribution < -0.4 is 4.74 Å². The lowest BCUT2D eigenvalue weighted by Gasteiger charge is -2.18. The minimum atomic E-state index is 0.0862. The van der Waals surface area contributed by atoms with E-state index < -0.39 is 0 Å². The van der Waals surface area contributed by atoms with Crippen molar-refractivity contribution in [1.29, 1.82) is 0 Å². The smallest absolute Gasteiger partial charge is 0.316 e. The Labute approximate surface area is 131 Å². The molecule has 1 saturated heterocycles. The van der Waals surface area contributed by atoms with Crippen molar-refractivity contribution in [3.05, 3.63) is 18.0 Å². The number of aromatic nitrogens is 2. The maximum absolute atomic E-state index is 11.9. The van der Waals surface area contributed by atoms with Crippen molar-refractivity contribution >= 4 is 5.91 Å². The van der Waals surface area contributed by atoms with Crippen LogP contribution in [0.25, 0.3) is 0 Å². The Morgan fingerprint density at radius 3 is 2.55 bits per heavy atom. The van der Waals surface area contributed by atoms with E-state index >= 15 is 0 Å². The normalized spacial score (nSPS) is 21.8. The van der Waals surface area contributed by atoms with Crippen molar-refractivity contribution in [2.45, 2.75) is 19.1 Å². The topological polar surface area (TPSA) is 67.8 Å². The number of carbonyl (C=O) groups excluding carboxylic acids is 1. The van der Waals surface area contributed by atoms with E-state index in [1.807, 2.05) is 0 Å².